The van der Waals surface area contributed by atoms with Gasteiger partial charge in [-0.3, -0.25) is 4.79 Å². The van der Waals surface area contributed by atoms with Crippen molar-refractivity contribution >= 4 is 5.97 Å². The number of carbonyl (C=O) groups is 1. The van der Waals surface area contributed by atoms with Gasteiger partial charge in [-0.05, 0) is 5.92 Å². The lowest BCUT2D eigenvalue weighted by atomic mass is 9.94. The number of hydrogen-bond acceptors (Lipinski definition) is 3. The van der Waals surface area contributed by atoms with Crippen molar-refractivity contribution in [3.63, 3.8) is 0 Å². The molecule has 3 nitrogen and oxygen atoms in total. The van der Waals surface area contributed by atoms with E-state index in [1.54, 1.807) is 0 Å². The molecule has 1 aliphatic heterocycles. The maximum absolute atomic E-state index is 10.6. The fourth-order valence-electron chi connectivity index (χ4n) is 1.13. The number of hydrogen-bond donors (Lipinski definition) is 1. The van der Waals surface area contributed by atoms with Gasteiger partial charge >= 0.3 is 5.97 Å². The van der Waals surface area contributed by atoms with Crippen LogP contribution >= 0.6 is 0 Å². The van der Waals surface area contributed by atoms with Gasteiger partial charge in [-0.2, -0.15) is 0 Å². The Bertz CT molecular complexity index is 142. The first kappa shape index (κ1) is 7.54. The molecule has 1 unspecified atom stereocenters. The Kier molecular flexibility index (Phi) is 1.94. The van der Waals surface area contributed by atoms with Gasteiger partial charge in [0.25, 0.3) is 0 Å². The second-order valence-corrected chi connectivity index (χ2v) is 2.99. The van der Waals surface area contributed by atoms with Gasteiger partial charge in [0.1, 0.15) is 0 Å². The molecule has 0 bridgehead atoms. The molecule has 1 saturated heterocycles. The van der Waals surface area contributed by atoms with Gasteiger partial charge in [0.15, 0.2) is 0 Å². The normalized spacial score (nSPS) is 33.0. The third-order valence-electron chi connectivity index (χ3n) is 1.88. The first-order valence-corrected chi connectivity index (χ1v) is 3.49. The summed E-state index contributed by atoms with van der Waals surface area (Å²) in [7, 11) is 0. The third kappa shape index (κ3) is 1.29. The predicted molar refractivity (Wildman–Crippen MR) is 35.0 cm³/mol. The van der Waals surface area contributed by atoms with E-state index in [1.807, 2.05) is 13.8 Å². The van der Waals surface area contributed by atoms with Crippen molar-refractivity contribution in [2.45, 2.75) is 26.6 Å². The van der Waals surface area contributed by atoms with Crippen LogP contribution in [0.2, 0.25) is 0 Å². The van der Waals surface area contributed by atoms with Crippen LogP contribution in [0.4, 0.5) is 0 Å². The highest BCUT2D eigenvalue weighted by atomic mass is 16.6. The largest absolute Gasteiger partial charge is 0.436 e. The summed E-state index contributed by atoms with van der Waals surface area (Å²) in [5.41, 5.74) is 0. The molecule has 0 aliphatic carbocycles. The SMILES string of the molecule is CC(C)[C@H]1CC(=O)OC1O. The van der Waals surface area contributed by atoms with Crippen LogP contribution in [-0.2, 0) is 9.53 Å². The molecule has 0 amide bonds. The minimum atomic E-state index is -0.868. The Balaban J connectivity index is 2.54. The van der Waals surface area contributed by atoms with E-state index in [2.05, 4.69) is 4.74 Å². The van der Waals surface area contributed by atoms with Crippen LogP contribution in [-0.4, -0.2) is 17.4 Å². The molecule has 2 atom stereocenters. The zero-order valence-corrected chi connectivity index (χ0v) is 6.20. The number of cyclic esters (lactones) is 1. The van der Waals surface area contributed by atoms with E-state index in [0.717, 1.165) is 0 Å². The average molecular weight is 144 g/mol. The number of rotatable bonds is 1. The van der Waals surface area contributed by atoms with Gasteiger partial charge < -0.3 is 9.84 Å². The first-order chi connectivity index (χ1) is 4.61. The molecule has 0 aromatic carbocycles. The lowest BCUT2D eigenvalue weighted by Crippen LogP contribution is -2.19. The van der Waals surface area contributed by atoms with E-state index in [1.165, 1.54) is 0 Å². The van der Waals surface area contributed by atoms with Gasteiger partial charge in [0, 0.05) is 5.92 Å². The van der Waals surface area contributed by atoms with E-state index in [4.69, 9.17) is 5.11 Å². The van der Waals surface area contributed by atoms with E-state index < -0.39 is 6.29 Å². The molecule has 1 rings (SSSR count). The second-order valence-electron chi connectivity index (χ2n) is 2.99. The summed E-state index contributed by atoms with van der Waals surface area (Å²) in [6, 6.07) is 0. The molecule has 3 heteroatoms. The molecule has 0 aromatic heterocycles. The van der Waals surface area contributed by atoms with E-state index in [-0.39, 0.29) is 11.9 Å². The molecular weight excluding hydrogens is 132 g/mol. The highest BCUT2D eigenvalue weighted by Gasteiger charge is 2.34. The molecule has 58 valence electrons. The van der Waals surface area contributed by atoms with Crippen LogP contribution in [0.1, 0.15) is 20.3 Å². The maximum atomic E-state index is 10.6. The molecule has 0 saturated carbocycles. The summed E-state index contributed by atoms with van der Waals surface area (Å²) in [5.74, 6) is 0.0140. The topological polar surface area (TPSA) is 46.5 Å². The Labute approximate surface area is 60.0 Å². The third-order valence-corrected chi connectivity index (χ3v) is 1.88. The van der Waals surface area contributed by atoms with E-state index in [9.17, 15) is 4.79 Å². The minimum absolute atomic E-state index is 0.00694. The molecular formula is C7H12O3. The van der Waals surface area contributed by atoms with Crippen LogP contribution in [0, 0.1) is 11.8 Å². The molecule has 10 heavy (non-hydrogen) atoms. The quantitative estimate of drug-likeness (QED) is 0.546. The van der Waals surface area contributed by atoms with Crippen molar-refractivity contribution in [1.82, 2.24) is 0 Å². The molecule has 1 fully saturated rings. The van der Waals surface area contributed by atoms with Gasteiger partial charge in [0.2, 0.25) is 6.29 Å². The number of esters is 1. The molecule has 0 radical (unpaired) electrons. The standard InChI is InChI=1S/C7H12O3/c1-4(2)5-3-6(8)10-7(5)9/h4-5,7,9H,3H2,1-2H3/t5-,7?/m1/s1. The Morgan fingerprint density at radius 2 is 2.30 bits per heavy atom. The smallest absolute Gasteiger partial charge is 0.308 e. The van der Waals surface area contributed by atoms with Crippen molar-refractivity contribution in [2.24, 2.45) is 11.8 Å². The Hall–Kier alpha value is -0.570. The van der Waals surface area contributed by atoms with Crippen LogP contribution in [0.25, 0.3) is 0 Å². The highest BCUT2D eigenvalue weighted by molar-refractivity contribution is 5.71. The van der Waals surface area contributed by atoms with Crippen LogP contribution in [0.3, 0.4) is 0 Å². The van der Waals surface area contributed by atoms with E-state index >= 15 is 0 Å². The Morgan fingerprint density at radius 1 is 1.70 bits per heavy atom. The number of carbonyl (C=O) groups excluding carboxylic acids is 1. The zero-order chi connectivity index (χ0) is 7.72. The number of aliphatic hydroxyl groups excluding tert-OH is 1. The van der Waals surface area contributed by atoms with Crippen LogP contribution < -0.4 is 0 Å². The summed E-state index contributed by atoms with van der Waals surface area (Å²) >= 11 is 0. The Morgan fingerprint density at radius 3 is 2.50 bits per heavy atom. The summed E-state index contributed by atoms with van der Waals surface area (Å²) in [4.78, 5) is 10.6. The monoisotopic (exact) mass is 144 g/mol. The first-order valence-electron chi connectivity index (χ1n) is 3.49. The molecule has 1 heterocycles. The fourth-order valence-corrected chi connectivity index (χ4v) is 1.13. The van der Waals surface area contributed by atoms with E-state index in [0.29, 0.717) is 12.3 Å². The van der Waals surface area contributed by atoms with Crippen molar-refractivity contribution in [3.05, 3.63) is 0 Å². The van der Waals surface area contributed by atoms with Gasteiger partial charge in [0.05, 0.1) is 6.42 Å². The van der Waals surface area contributed by atoms with Crippen LogP contribution in [0.15, 0.2) is 0 Å². The van der Waals surface area contributed by atoms with Gasteiger partial charge in [-0.15, -0.1) is 0 Å². The fraction of sp³-hybridized carbons (Fsp3) is 0.857. The lowest BCUT2D eigenvalue weighted by Gasteiger charge is -2.14. The molecule has 1 aliphatic rings. The number of aliphatic hydroxyl groups is 1. The number of ether oxygens (including phenoxy) is 1. The molecule has 0 aromatic rings. The van der Waals surface area contributed by atoms with Gasteiger partial charge in [-0.1, -0.05) is 13.8 Å². The predicted octanol–water partition coefficient (Wildman–Crippen LogP) is 0.524. The average Bonchev–Trinajstić information content (AvgIpc) is 2.10. The summed E-state index contributed by atoms with van der Waals surface area (Å²) in [6.45, 7) is 3.94. The summed E-state index contributed by atoms with van der Waals surface area (Å²) in [5, 5.41) is 9.09. The summed E-state index contributed by atoms with van der Waals surface area (Å²) < 4.78 is 4.55. The van der Waals surface area contributed by atoms with Crippen molar-refractivity contribution in [3.8, 4) is 0 Å². The van der Waals surface area contributed by atoms with Gasteiger partial charge in [-0.25, -0.2) is 0 Å². The molecule has 0 spiro atoms. The lowest BCUT2D eigenvalue weighted by molar-refractivity contribution is -0.156. The van der Waals surface area contributed by atoms with Crippen LogP contribution in [0.5, 0.6) is 0 Å². The minimum Gasteiger partial charge on any atom is -0.436 e. The summed E-state index contributed by atoms with van der Waals surface area (Å²) in [6.07, 6.45) is -0.508. The van der Waals surface area contributed by atoms with Crippen molar-refractivity contribution < 1.29 is 14.6 Å². The van der Waals surface area contributed by atoms with Crippen molar-refractivity contribution in [2.75, 3.05) is 0 Å². The highest BCUT2D eigenvalue weighted by Crippen LogP contribution is 2.26. The molecule has 1 N–H and O–H groups in total. The second kappa shape index (κ2) is 2.58. The van der Waals surface area contributed by atoms with Crippen molar-refractivity contribution in [1.29, 1.82) is 0 Å². The maximum Gasteiger partial charge on any atom is 0.308 e. The zero-order valence-electron chi connectivity index (χ0n) is 6.20.